The van der Waals surface area contributed by atoms with E-state index in [2.05, 4.69) is 0 Å². The molecule has 4 nitrogen and oxygen atoms in total. The highest BCUT2D eigenvalue weighted by atomic mass is 16.5. The van der Waals surface area contributed by atoms with Gasteiger partial charge in [0.15, 0.2) is 11.5 Å². The van der Waals surface area contributed by atoms with Gasteiger partial charge in [0.05, 0.1) is 0 Å². The van der Waals surface area contributed by atoms with Gasteiger partial charge in [0.1, 0.15) is 12.2 Å². The lowest BCUT2D eigenvalue weighted by Gasteiger charge is -2.03. The van der Waals surface area contributed by atoms with Gasteiger partial charge in [0, 0.05) is 0 Å². The number of ether oxygens (including phenoxy) is 1. The van der Waals surface area contributed by atoms with Crippen LogP contribution in [0.1, 0.15) is 13.3 Å². The van der Waals surface area contributed by atoms with Gasteiger partial charge < -0.3 is 9.84 Å². The molecule has 1 rings (SSSR count). The molecule has 0 amide bonds. The second-order valence-electron chi connectivity index (χ2n) is 2.82. The first-order chi connectivity index (χ1) is 6.59. The molecule has 0 aliphatic heterocycles. The van der Waals surface area contributed by atoms with Crippen LogP contribution in [-0.2, 0) is 9.59 Å². The highest BCUT2D eigenvalue weighted by molar-refractivity contribution is 5.95. The van der Waals surface area contributed by atoms with E-state index in [4.69, 9.17) is 4.74 Å². The van der Waals surface area contributed by atoms with Crippen LogP contribution in [0.2, 0.25) is 0 Å². The normalized spacial score (nSPS) is 9.50. The number of rotatable bonds is 3. The molecule has 0 unspecified atom stereocenters. The fourth-order valence-corrected chi connectivity index (χ4v) is 0.905. The van der Waals surface area contributed by atoms with Gasteiger partial charge in [0.2, 0.25) is 0 Å². The molecule has 0 aromatic heterocycles. The molecule has 0 aliphatic carbocycles. The third-order valence-electron chi connectivity index (χ3n) is 1.48. The van der Waals surface area contributed by atoms with Crippen molar-refractivity contribution >= 4 is 11.8 Å². The largest absolute Gasteiger partial charge is 0.504 e. The number of hydrogen-bond acceptors (Lipinski definition) is 4. The van der Waals surface area contributed by atoms with E-state index in [-0.39, 0.29) is 23.7 Å². The van der Waals surface area contributed by atoms with Crippen LogP contribution in [0, 0.1) is 0 Å². The van der Waals surface area contributed by atoms with Crippen LogP contribution >= 0.6 is 0 Å². The number of aromatic hydroxyl groups is 1. The van der Waals surface area contributed by atoms with E-state index in [0.29, 0.717) is 0 Å². The highest BCUT2D eigenvalue weighted by Crippen LogP contribution is 2.24. The lowest BCUT2D eigenvalue weighted by Crippen LogP contribution is -2.11. The number of esters is 1. The molecule has 1 aromatic carbocycles. The molecule has 0 atom stereocenters. The Morgan fingerprint density at radius 3 is 2.57 bits per heavy atom. The van der Waals surface area contributed by atoms with Crippen LogP contribution in [-0.4, -0.2) is 16.9 Å². The number of para-hydroxylation sites is 2. The molecule has 14 heavy (non-hydrogen) atoms. The summed E-state index contributed by atoms with van der Waals surface area (Å²) in [5.41, 5.74) is 0. The van der Waals surface area contributed by atoms with Crippen molar-refractivity contribution in [2.75, 3.05) is 0 Å². The van der Waals surface area contributed by atoms with Crippen LogP contribution < -0.4 is 4.74 Å². The van der Waals surface area contributed by atoms with Gasteiger partial charge in [0.25, 0.3) is 0 Å². The maximum absolute atomic E-state index is 11.0. The predicted molar refractivity (Wildman–Crippen MR) is 49.0 cm³/mol. The summed E-state index contributed by atoms with van der Waals surface area (Å²) in [7, 11) is 0. The average Bonchev–Trinajstić information content (AvgIpc) is 2.07. The van der Waals surface area contributed by atoms with Crippen LogP contribution in [0.15, 0.2) is 24.3 Å². The monoisotopic (exact) mass is 194 g/mol. The lowest BCUT2D eigenvalue weighted by molar-refractivity contribution is -0.137. The molecule has 74 valence electrons. The fraction of sp³-hybridized carbons (Fsp3) is 0.200. The Balaban J connectivity index is 2.65. The molecule has 0 saturated carbocycles. The number of benzene rings is 1. The molecule has 0 heterocycles. The Hall–Kier alpha value is -1.84. The SMILES string of the molecule is CC(=O)CC(=O)Oc1ccccc1O. The van der Waals surface area contributed by atoms with Crippen molar-refractivity contribution in [1.82, 2.24) is 0 Å². The Morgan fingerprint density at radius 2 is 2.00 bits per heavy atom. The molecule has 4 heteroatoms. The second kappa shape index (κ2) is 4.41. The standard InChI is InChI=1S/C10H10O4/c1-7(11)6-10(13)14-9-5-3-2-4-8(9)12/h2-5,12H,6H2,1H3. The summed E-state index contributed by atoms with van der Waals surface area (Å²) in [4.78, 5) is 21.6. The van der Waals surface area contributed by atoms with Gasteiger partial charge in [-0.05, 0) is 19.1 Å². The zero-order chi connectivity index (χ0) is 10.6. The highest BCUT2D eigenvalue weighted by Gasteiger charge is 2.09. The predicted octanol–water partition coefficient (Wildman–Crippen LogP) is 1.28. The molecule has 0 spiro atoms. The van der Waals surface area contributed by atoms with Crippen molar-refractivity contribution in [3.05, 3.63) is 24.3 Å². The van der Waals surface area contributed by atoms with Gasteiger partial charge in [-0.25, -0.2) is 0 Å². The van der Waals surface area contributed by atoms with E-state index in [0.717, 1.165) is 0 Å². The molecule has 0 saturated heterocycles. The molecule has 0 bridgehead atoms. The number of ketones is 1. The minimum Gasteiger partial charge on any atom is -0.504 e. The summed E-state index contributed by atoms with van der Waals surface area (Å²) in [5.74, 6) is -0.993. The van der Waals surface area contributed by atoms with E-state index in [1.165, 1.54) is 19.1 Å². The van der Waals surface area contributed by atoms with Crippen molar-refractivity contribution in [1.29, 1.82) is 0 Å². The van der Waals surface area contributed by atoms with Gasteiger partial charge in [-0.2, -0.15) is 0 Å². The van der Waals surface area contributed by atoms with Gasteiger partial charge in [-0.15, -0.1) is 0 Å². The van der Waals surface area contributed by atoms with E-state index in [9.17, 15) is 14.7 Å². The van der Waals surface area contributed by atoms with Crippen molar-refractivity contribution in [2.45, 2.75) is 13.3 Å². The molecule has 0 radical (unpaired) electrons. The number of phenolic OH excluding ortho intramolecular Hbond substituents is 1. The summed E-state index contributed by atoms with van der Waals surface area (Å²) < 4.78 is 4.75. The molecule has 1 aromatic rings. The first-order valence-electron chi connectivity index (χ1n) is 4.07. The molecular weight excluding hydrogens is 184 g/mol. The van der Waals surface area contributed by atoms with E-state index < -0.39 is 5.97 Å². The second-order valence-corrected chi connectivity index (χ2v) is 2.82. The van der Waals surface area contributed by atoms with Gasteiger partial charge in [-0.3, -0.25) is 9.59 Å². The summed E-state index contributed by atoms with van der Waals surface area (Å²) >= 11 is 0. The molecule has 0 fully saturated rings. The Morgan fingerprint density at radius 1 is 1.36 bits per heavy atom. The van der Waals surface area contributed by atoms with Crippen LogP contribution in [0.3, 0.4) is 0 Å². The minimum absolute atomic E-state index is 0.0683. The first-order valence-corrected chi connectivity index (χ1v) is 4.07. The topological polar surface area (TPSA) is 63.6 Å². The zero-order valence-electron chi connectivity index (χ0n) is 7.69. The maximum Gasteiger partial charge on any atom is 0.318 e. The van der Waals surface area contributed by atoms with Gasteiger partial charge in [-0.1, -0.05) is 12.1 Å². The summed E-state index contributed by atoms with van der Waals surface area (Å²) in [5, 5.41) is 9.23. The molecule has 0 aliphatic rings. The number of carbonyl (C=O) groups excluding carboxylic acids is 2. The van der Waals surface area contributed by atoms with Crippen molar-refractivity contribution in [2.24, 2.45) is 0 Å². The number of phenols is 1. The number of Topliss-reactive ketones (excluding diaryl/α,β-unsaturated/α-hetero) is 1. The quantitative estimate of drug-likeness (QED) is 0.447. The summed E-state index contributed by atoms with van der Waals surface area (Å²) in [6.45, 7) is 1.30. The Bertz CT molecular complexity index is 357. The van der Waals surface area contributed by atoms with E-state index in [1.807, 2.05) is 0 Å². The third-order valence-corrected chi connectivity index (χ3v) is 1.48. The molecular formula is C10H10O4. The number of hydrogen-bond donors (Lipinski definition) is 1. The third kappa shape index (κ3) is 2.90. The summed E-state index contributed by atoms with van der Waals surface area (Å²) in [6.07, 6.45) is -0.283. The smallest absolute Gasteiger partial charge is 0.318 e. The summed E-state index contributed by atoms with van der Waals surface area (Å²) in [6, 6.07) is 6.08. The Kier molecular flexibility index (Phi) is 3.23. The minimum atomic E-state index is -0.668. The first kappa shape index (κ1) is 10.2. The van der Waals surface area contributed by atoms with E-state index >= 15 is 0 Å². The Labute approximate surface area is 81.1 Å². The molecule has 1 N–H and O–H groups in total. The zero-order valence-corrected chi connectivity index (χ0v) is 7.69. The lowest BCUT2D eigenvalue weighted by atomic mass is 10.3. The van der Waals surface area contributed by atoms with E-state index in [1.54, 1.807) is 12.1 Å². The van der Waals surface area contributed by atoms with Crippen LogP contribution in [0.25, 0.3) is 0 Å². The van der Waals surface area contributed by atoms with Crippen molar-refractivity contribution in [3.63, 3.8) is 0 Å². The van der Waals surface area contributed by atoms with Gasteiger partial charge >= 0.3 is 5.97 Å². The fourth-order valence-electron chi connectivity index (χ4n) is 0.905. The van der Waals surface area contributed by atoms with Crippen LogP contribution in [0.5, 0.6) is 11.5 Å². The average molecular weight is 194 g/mol. The van der Waals surface area contributed by atoms with Crippen LogP contribution in [0.4, 0.5) is 0 Å². The number of carbonyl (C=O) groups is 2. The van der Waals surface area contributed by atoms with Crippen molar-refractivity contribution < 1.29 is 19.4 Å². The van der Waals surface area contributed by atoms with Crippen molar-refractivity contribution in [3.8, 4) is 11.5 Å². The maximum atomic E-state index is 11.0.